The van der Waals surface area contributed by atoms with Crippen molar-refractivity contribution in [2.45, 2.75) is 19.8 Å². The lowest BCUT2D eigenvalue weighted by Gasteiger charge is -2.09. The van der Waals surface area contributed by atoms with Crippen molar-refractivity contribution in [3.63, 3.8) is 0 Å². The van der Waals surface area contributed by atoms with Gasteiger partial charge in [0.2, 0.25) is 0 Å². The molecule has 0 radical (unpaired) electrons. The summed E-state index contributed by atoms with van der Waals surface area (Å²) in [4.78, 5) is 11.4. The molecule has 0 bridgehead atoms. The molecule has 82 valence electrons. The molecule has 1 atom stereocenters. The number of hydrogen-bond donors (Lipinski definition) is 1. The Balaban J connectivity index is 2.36. The smallest absolute Gasteiger partial charge is 0.311 e. The highest BCUT2D eigenvalue weighted by atomic mass is 16.5. The molecule has 1 rings (SSSR count). The molecule has 0 aromatic heterocycles. The Morgan fingerprint density at radius 1 is 1.40 bits per heavy atom. The molecule has 0 aliphatic heterocycles. The second kappa shape index (κ2) is 6.19. The molecule has 3 nitrogen and oxygen atoms in total. The van der Waals surface area contributed by atoms with Gasteiger partial charge in [0.1, 0.15) is 5.75 Å². The normalized spacial score (nSPS) is 12.1. The van der Waals surface area contributed by atoms with E-state index in [-0.39, 0.29) is 11.9 Å². The summed E-state index contributed by atoms with van der Waals surface area (Å²) in [7, 11) is 0. The molecule has 0 saturated heterocycles. The molecule has 1 unspecified atom stereocenters. The highest BCUT2D eigenvalue weighted by Gasteiger charge is 2.10. The van der Waals surface area contributed by atoms with E-state index in [0.29, 0.717) is 18.7 Å². The standard InChI is InChI=1S/C12H17NO2/c1-10(7-8-13)9-12(14)15-11-5-3-2-4-6-11/h2-6,10H,7-9,13H2,1H3. The Hall–Kier alpha value is -1.35. The molecular formula is C12H17NO2. The van der Waals surface area contributed by atoms with Gasteiger partial charge in [0.25, 0.3) is 0 Å². The number of rotatable bonds is 5. The van der Waals surface area contributed by atoms with E-state index >= 15 is 0 Å². The van der Waals surface area contributed by atoms with Gasteiger partial charge in [-0.1, -0.05) is 25.1 Å². The summed E-state index contributed by atoms with van der Waals surface area (Å²) >= 11 is 0. The maximum Gasteiger partial charge on any atom is 0.311 e. The average molecular weight is 207 g/mol. The Labute approximate surface area is 90.2 Å². The Morgan fingerprint density at radius 2 is 2.07 bits per heavy atom. The molecule has 3 heteroatoms. The number of carbonyl (C=O) groups excluding carboxylic acids is 1. The second-order valence-corrected chi connectivity index (χ2v) is 3.67. The van der Waals surface area contributed by atoms with Gasteiger partial charge in [-0.25, -0.2) is 0 Å². The van der Waals surface area contributed by atoms with Crippen LogP contribution in [0.3, 0.4) is 0 Å². The van der Waals surface area contributed by atoms with Gasteiger partial charge in [0, 0.05) is 6.42 Å². The molecule has 2 N–H and O–H groups in total. The summed E-state index contributed by atoms with van der Waals surface area (Å²) in [5.74, 6) is 0.691. The summed E-state index contributed by atoms with van der Waals surface area (Å²) in [5.41, 5.74) is 5.41. The lowest BCUT2D eigenvalue weighted by Crippen LogP contribution is -2.14. The fourth-order valence-electron chi connectivity index (χ4n) is 1.33. The van der Waals surface area contributed by atoms with Crippen LogP contribution in [0.1, 0.15) is 19.8 Å². The molecule has 1 aromatic carbocycles. The number of carbonyl (C=O) groups is 1. The van der Waals surface area contributed by atoms with E-state index in [1.165, 1.54) is 0 Å². The van der Waals surface area contributed by atoms with E-state index in [1.807, 2.05) is 25.1 Å². The van der Waals surface area contributed by atoms with Crippen LogP contribution in [0.2, 0.25) is 0 Å². The van der Waals surface area contributed by atoms with Gasteiger partial charge >= 0.3 is 5.97 Å². The molecule has 0 fully saturated rings. The molecule has 1 aromatic rings. The fourth-order valence-corrected chi connectivity index (χ4v) is 1.33. The van der Waals surface area contributed by atoms with Crippen molar-refractivity contribution >= 4 is 5.97 Å². The van der Waals surface area contributed by atoms with Crippen molar-refractivity contribution in [3.8, 4) is 5.75 Å². The van der Waals surface area contributed by atoms with Crippen molar-refractivity contribution in [3.05, 3.63) is 30.3 Å². The Morgan fingerprint density at radius 3 is 2.67 bits per heavy atom. The lowest BCUT2D eigenvalue weighted by molar-refractivity contribution is -0.135. The zero-order valence-corrected chi connectivity index (χ0v) is 8.98. The third-order valence-electron chi connectivity index (χ3n) is 2.15. The molecule has 0 aliphatic rings. The molecule has 0 saturated carbocycles. The van der Waals surface area contributed by atoms with Crippen molar-refractivity contribution < 1.29 is 9.53 Å². The maximum absolute atomic E-state index is 11.4. The first-order valence-electron chi connectivity index (χ1n) is 5.18. The van der Waals surface area contributed by atoms with Crippen LogP contribution in [0.15, 0.2) is 30.3 Å². The lowest BCUT2D eigenvalue weighted by atomic mass is 10.0. The minimum Gasteiger partial charge on any atom is -0.427 e. The van der Waals surface area contributed by atoms with Gasteiger partial charge < -0.3 is 10.5 Å². The van der Waals surface area contributed by atoms with Gasteiger partial charge in [-0.05, 0) is 31.0 Å². The summed E-state index contributed by atoms with van der Waals surface area (Å²) in [6, 6.07) is 9.10. The number of nitrogens with two attached hydrogens (primary N) is 1. The second-order valence-electron chi connectivity index (χ2n) is 3.67. The highest BCUT2D eigenvalue weighted by Crippen LogP contribution is 2.12. The largest absolute Gasteiger partial charge is 0.427 e. The van der Waals surface area contributed by atoms with Gasteiger partial charge in [-0.15, -0.1) is 0 Å². The Kier molecular flexibility index (Phi) is 4.84. The zero-order valence-electron chi connectivity index (χ0n) is 8.98. The maximum atomic E-state index is 11.4. The fraction of sp³-hybridized carbons (Fsp3) is 0.417. The van der Waals surface area contributed by atoms with E-state index in [9.17, 15) is 4.79 Å². The van der Waals surface area contributed by atoms with Crippen molar-refractivity contribution in [1.29, 1.82) is 0 Å². The summed E-state index contributed by atoms with van der Waals surface area (Å²) in [5, 5.41) is 0. The third kappa shape index (κ3) is 4.61. The van der Waals surface area contributed by atoms with Gasteiger partial charge in [-0.2, -0.15) is 0 Å². The van der Waals surface area contributed by atoms with Crippen LogP contribution in [-0.4, -0.2) is 12.5 Å². The van der Waals surface area contributed by atoms with E-state index in [0.717, 1.165) is 6.42 Å². The van der Waals surface area contributed by atoms with E-state index in [2.05, 4.69) is 0 Å². The summed E-state index contributed by atoms with van der Waals surface area (Å²) < 4.78 is 5.15. The van der Waals surface area contributed by atoms with Crippen LogP contribution in [0.5, 0.6) is 5.75 Å². The summed E-state index contributed by atoms with van der Waals surface area (Å²) in [6.45, 7) is 2.61. The quantitative estimate of drug-likeness (QED) is 0.593. The highest BCUT2D eigenvalue weighted by molar-refractivity contribution is 5.72. The minimum atomic E-state index is -0.192. The molecule has 15 heavy (non-hydrogen) atoms. The number of para-hydroxylation sites is 1. The molecule has 0 amide bonds. The van der Waals surface area contributed by atoms with Crippen molar-refractivity contribution in [2.24, 2.45) is 11.7 Å². The van der Waals surface area contributed by atoms with Crippen LogP contribution < -0.4 is 10.5 Å². The van der Waals surface area contributed by atoms with Crippen molar-refractivity contribution in [1.82, 2.24) is 0 Å². The van der Waals surface area contributed by atoms with Crippen LogP contribution in [-0.2, 0) is 4.79 Å². The number of ether oxygens (including phenoxy) is 1. The van der Waals surface area contributed by atoms with E-state index in [4.69, 9.17) is 10.5 Å². The topological polar surface area (TPSA) is 52.3 Å². The monoisotopic (exact) mass is 207 g/mol. The predicted octanol–water partition coefficient (Wildman–Crippen LogP) is 1.97. The third-order valence-corrected chi connectivity index (χ3v) is 2.15. The average Bonchev–Trinajstić information content (AvgIpc) is 2.19. The SMILES string of the molecule is CC(CCN)CC(=O)Oc1ccccc1. The predicted molar refractivity (Wildman–Crippen MR) is 59.5 cm³/mol. The van der Waals surface area contributed by atoms with Crippen LogP contribution in [0, 0.1) is 5.92 Å². The minimum absolute atomic E-state index is 0.192. The van der Waals surface area contributed by atoms with E-state index in [1.54, 1.807) is 12.1 Å². The molecular weight excluding hydrogens is 190 g/mol. The van der Waals surface area contributed by atoms with E-state index < -0.39 is 0 Å². The van der Waals surface area contributed by atoms with Crippen molar-refractivity contribution in [2.75, 3.05) is 6.54 Å². The Bertz CT molecular complexity index is 298. The number of esters is 1. The molecule has 0 heterocycles. The molecule has 0 spiro atoms. The first-order valence-corrected chi connectivity index (χ1v) is 5.18. The molecule has 0 aliphatic carbocycles. The summed E-state index contributed by atoms with van der Waals surface area (Å²) in [6.07, 6.45) is 1.27. The number of benzene rings is 1. The van der Waals surface area contributed by atoms with Gasteiger partial charge in [0.05, 0.1) is 0 Å². The van der Waals surface area contributed by atoms with Crippen LogP contribution >= 0.6 is 0 Å². The van der Waals surface area contributed by atoms with Gasteiger partial charge in [0.15, 0.2) is 0 Å². The number of hydrogen-bond acceptors (Lipinski definition) is 3. The first kappa shape index (κ1) is 11.7. The zero-order chi connectivity index (χ0) is 11.1. The van der Waals surface area contributed by atoms with Crippen LogP contribution in [0.25, 0.3) is 0 Å². The van der Waals surface area contributed by atoms with Gasteiger partial charge in [-0.3, -0.25) is 4.79 Å². The van der Waals surface area contributed by atoms with Crippen LogP contribution in [0.4, 0.5) is 0 Å². The first-order chi connectivity index (χ1) is 7.22.